The highest BCUT2D eigenvalue weighted by Crippen LogP contribution is 2.19. The minimum Gasteiger partial charge on any atom is -0.349 e. The molecule has 0 fully saturated rings. The number of thioether (sulfide) groups is 1. The first-order valence-corrected chi connectivity index (χ1v) is 8.63. The molecular weight excluding hydrogens is 310 g/mol. The SMILES string of the molecule is CSc1ccc(C(C)NC(=O)Cc2c(C)nc(C)[nH]c2=O)cc1. The molecule has 2 aromatic rings. The number of H-pyrrole nitrogens is 1. The predicted molar refractivity (Wildman–Crippen MR) is 92.8 cm³/mol. The summed E-state index contributed by atoms with van der Waals surface area (Å²) in [5.74, 6) is 0.365. The van der Waals surface area contributed by atoms with Gasteiger partial charge in [-0.05, 0) is 44.7 Å². The first-order chi connectivity index (χ1) is 10.9. The Morgan fingerprint density at radius 3 is 2.52 bits per heavy atom. The van der Waals surface area contributed by atoms with Gasteiger partial charge in [-0.15, -0.1) is 11.8 Å². The topological polar surface area (TPSA) is 74.8 Å². The van der Waals surface area contributed by atoms with E-state index >= 15 is 0 Å². The number of hydrogen-bond acceptors (Lipinski definition) is 4. The number of nitrogens with one attached hydrogen (secondary N) is 2. The first kappa shape index (κ1) is 17.3. The van der Waals surface area contributed by atoms with Gasteiger partial charge in [0.15, 0.2) is 0 Å². The van der Waals surface area contributed by atoms with Gasteiger partial charge < -0.3 is 10.3 Å². The van der Waals surface area contributed by atoms with Gasteiger partial charge in [0, 0.05) is 16.2 Å². The largest absolute Gasteiger partial charge is 0.349 e. The number of aryl methyl sites for hydroxylation is 2. The number of aromatic nitrogens is 2. The third-order valence-corrected chi connectivity index (χ3v) is 4.41. The molecule has 0 radical (unpaired) electrons. The molecule has 6 heteroatoms. The minimum absolute atomic E-state index is 0.0294. The van der Waals surface area contributed by atoms with Gasteiger partial charge in [0.25, 0.3) is 5.56 Å². The lowest BCUT2D eigenvalue weighted by Crippen LogP contribution is -2.31. The highest BCUT2D eigenvalue weighted by atomic mass is 32.2. The van der Waals surface area contributed by atoms with Crippen molar-refractivity contribution in [3.05, 3.63) is 57.3 Å². The molecule has 1 heterocycles. The molecule has 1 unspecified atom stereocenters. The molecule has 0 aliphatic heterocycles. The molecule has 1 aromatic heterocycles. The number of amides is 1. The molecule has 2 N–H and O–H groups in total. The third kappa shape index (κ3) is 4.45. The summed E-state index contributed by atoms with van der Waals surface area (Å²) >= 11 is 1.68. The molecule has 0 aliphatic carbocycles. The van der Waals surface area contributed by atoms with Crippen molar-refractivity contribution in [3.8, 4) is 0 Å². The van der Waals surface area contributed by atoms with Crippen LogP contribution in [0.15, 0.2) is 34.0 Å². The zero-order valence-corrected chi connectivity index (χ0v) is 14.6. The van der Waals surface area contributed by atoms with Crippen molar-refractivity contribution in [3.63, 3.8) is 0 Å². The van der Waals surface area contributed by atoms with E-state index in [1.165, 1.54) is 4.90 Å². The van der Waals surface area contributed by atoms with Gasteiger partial charge in [-0.2, -0.15) is 0 Å². The lowest BCUT2D eigenvalue weighted by Gasteiger charge is -2.15. The molecule has 1 aromatic carbocycles. The summed E-state index contributed by atoms with van der Waals surface area (Å²) in [6.07, 6.45) is 2.05. The van der Waals surface area contributed by atoms with Crippen molar-refractivity contribution in [2.45, 2.75) is 38.1 Å². The normalized spacial score (nSPS) is 12.0. The van der Waals surface area contributed by atoms with Crippen molar-refractivity contribution in [1.29, 1.82) is 0 Å². The molecular formula is C17H21N3O2S. The lowest BCUT2D eigenvalue weighted by molar-refractivity contribution is -0.121. The van der Waals surface area contributed by atoms with E-state index in [-0.39, 0.29) is 23.9 Å². The number of hydrogen-bond donors (Lipinski definition) is 2. The van der Waals surface area contributed by atoms with E-state index in [1.54, 1.807) is 25.6 Å². The number of aromatic amines is 1. The average molecular weight is 331 g/mol. The van der Waals surface area contributed by atoms with E-state index in [0.29, 0.717) is 17.1 Å². The van der Waals surface area contributed by atoms with Crippen LogP contribution in [0.5, 0.6) is 0 Å². The summed E-state index contributed by atoms with van der Waals surface area (Å²) in [7, 11) is 0. The molecule has 5 nitrogen and oxygen atoms in total. The smallest absolute Gasteiger partial charge is 0.254 e. The summed E-state index contributed by atoms with van der Waals surface area (Å²) < 4.78 is 0. The molecule has 0 bridgehead atoms. The maximum absolute atomic E-state index is 12.2. The Kier molecular flexibility index (Phi) is 5.60. The van der Waals surface area contributed by atoms with Crippen LogP contribution in [0.3, 0.4) is 0 Å². The number of benzene rings is 1. The Balaban J connectivity index is 2.05. The van der Waals surface area contributed by atoms with Crippen LogP contribution >= 0.6 is 11.8 Å². The number of carbonyl (C=O) groups is 1. The monoisotopic (exact) mass is 331 g/mol. The maximum Gasteiger partial charge on any atom is 0.254 e. The fourth-order valence-electron chi connectivity index (χ4n) is 2.39. The van der Waals surface area contributed by atoms with Crippen molar-refractivity contribution >= 4 is 17.7 Å². The van der Waals surface area contributed by atoms with E-state index in [0.717, 1.165) is 5.56 Å². The van der Waals surface area contributed by atoms with Gasteiger partial charge in [-0.1, -0.05) is 12.1 Å². The van der Waals surface area contributed by atoms with Gasteiger partial charge in [0.1, 0.15) is 5.82 Å². The molecule has 0 saturated heterocycles. The summed E-state index contributed by atoms with van der Waals surface area (Å²) in [5.41, 5.74) is 1.79. The van der Waals surface area contributed by atoms with Gasteiger partial charge in [0.05, 0.1) is 12.5 Å². The van der Waals surface area contributed by atoms with Gasteiger partial charge in [0.2, 0.25) is 5.91 Å². The van der Waals surface area contributed by atoms with Crippen molar-refractivity contribution in [2.24, 2.45) is 0 Å². The van der Waals surface area contributed by atoms with Crippen molar-refractivity contribution in [2.75, 3.05) is 6.26 Å². The van der Waals surface area contributed by atoms with Gasteiger partial charge >= 0.3 is 0 Å². The summed E-state index contributed by atoms with van der Waals surface area (Å²) in [5, 5.41) is 2.92. The maximum atomic E-state index is 12.2. The van der Waals surface area contributed by atoms with Crippen LogP contribution in [0.1, 0.15) is 35.6 Å². The first-order valence-electron chi connectivity index (χ1n) is 7.40. The second kappa shape index (κ2) is 7.46. The third-order valence-electron chi connectivity index (χ3n) is 3.67. The van der Waals surface area contributed by atoms with Gasteiger partial charge in [-0.3, -0.25) is 9.59 Å². The average Bonchev–Trinajstić information content (AvgIpc) is 2.51. The highest BCUT2D eigenvalue weighted by molar-refractivity contribution is 7.98. The molecule has 0 aliphatic rings. The molecule has 23 heavy (non-hydrogen) atoms. The zero-order valence-electron chi connectivity index (χ0n) is 13.8. The Labute approximate surface area is 139 Å². The van der Waals surface area contributed by atoms with E-state index < -0.39 is 0 Å². The Morgan fingerprint density at radius 2 is 1.96 bits per heavy atom. The van der Waals surface area contributed by atoms with Crippen LogP contribution in [-0.4, -0.2) is 22.1 Å². The minimum atomic E-state index is -0.248. The van der Waals surface area contributed by atoms with Gasteiger partial charge in [-0.25, -0.2) is 4.98 Å². The Morgan fingerprint density at radius 1 is 1.30 bits per heavy atom. The van der Waals surface area contributed by atoms with E-state index in [2.05, 4.69) is 15.3 Å². The van der Waals surface area contributed by atoms with Crippen LogP contribution in [0, 0.1) is 13.8 Å². The standard InChI is InChI=1S/C17H21N3O2S/c1-10(13-5-7-14(23-4)8-6-13)19-16(21)9-15-11(2)18-12(3)20-17(15)22/h5-8,10H,9H2,1-4H3,(H,19,21)(H,18,20,22). The molecule has 0 saturated carbocycles. The summed E-state index contributed by atoms with van der Waals surface area (Å²) in [6, 6.07) is 7.95. The fraction of sp³-hybridized carbons (Fsp3) is 0.353. The quantitative estimate of drug-likeness (QED) is 0.826. The Hall–Kier alpha value is -2.08. The summed E-state index contributed by atoms with van der Waals surface area (Å²) in [4.78, 5) is 32.2. The molecule has 0 spiro atoms. The molecule has 1 amide bonds. The van der Waals surface area contributed by atoms with Crippen LogP contribution in [-0.2, 0) is 11.2 Å². The Bertz CT molecular complexity index is 753. The number of carbonyl (C=O) groups excluding carboxylic acids is 1. The van der Waals surface area contributed by atoms with Crippen LogP contribution in [0.2, 0.25) is 0 Å². The predicted octanol–water partition coefficient (Wildman–Crippen LogP) is 2.53. The fourth-order valence-corrected chi connectivity index (χ4v) is 2.80. The van der Waals surface area contributed by atoms with E-state index in [9.17, 15) is 9.59 Å². The van der Waals surface area contributed by atoms with E-state index in [1.807, 2.05) is 37.4 Å². The number of rotatable bonds is 5. The van der Waals surface area contributed by atoms with Crippen LogP contribution in [0.4, 0.5) is 0 Å². The van der Waals surface area contributed by atoms with E-state index in [4.69, 9.17) is 0 Å². The second-order valence-corrected chi connectivity index (χ2v) is 6.33. The molecule has 122 valence electrons. The number of nitrogens with zero attached hydrogens (tertiary/aromatic N) is 1. The molecule has 1 atom stereocenters. The van der Waals surface area contributed by atoms with Crippen molar-refractivity contribution < 1.29 is 4.79 Å². The zero-order chi connectivity index (χ0) is 17.0. The second-order valence-electron chi connectivity index (χ2n) is 5.45. The van der Waals surface area contributed by atoms with Crippen LogP contribution in [0.25, 0.3) is 0 Å². The molecule has 2 rings (SSSR count). The van der Waals surface area contributed by atoms with Crippen molar-refractivity contribution in [1.82, 2.24) is 15.3 Å². The highest BCUT2D eigenvalue weighted by Gasteiger charge is 2.14. The van der Waals surface area contributed by atoms with Crippen LogP contribution < -0.4 is 10.9 Å². The summed E-state index contributed by atoms with van der Waals surface area (Å²) in [6.45, 7) is 5.39. The lowest BCUT2D eigenvalue weighted by atomic mass is 10.1.